The Morgan fingerprint density at radius 1 is 0.840 bits per heavy atom. The molecule has 2 rings (SSSR count). The molecule has 0 heterocycles. The summed E-state index contributed by atoms with van der Waals surface area (Å²) in [7, 11) is -2.01. The zero-order valence-corrected chi connectivity index (χ0v) is 16.4. The Labute approximate surface area is 154 Å². The lowest BCUT2D eigenvalue weighted by Gasteiger charge is -2.24. The lowest BCUT2D eigenvalue weighted by molar-refractivity contribution is -0.143. The number of carboxylic acid groups (broad SMARTS) is 1. The minimum atomic E-state index is -2.01. The van der Waals surface area contributed by atoms with Crippen molar-refractivity contribution in [2.45, 2.75) is 72.6 Å². The molecule has 148 valence electrons. The van der Waals surface area contributed by atoms with Crippen molar-refractivity contribution in [3.8, 4) is 0 Å². The van der Waals surface area contributed by atoms with E-state index in [2.05, 4.69) is 13.8 Å². The van der Waals surface area contributed by atoms with Crippen LogP contribution in [-0.2, 0) is 19.1 Å². The molecule has 4 nitrogen and oxygen atoms in total. The fraction of sp³-hybridized carbons (Fsp3) is 0.850. The fourth-order valence-corrected chi connectivity index (χ4v) is 4.18. The van der Waals surface area contributed by atoms with Gasteiger partial charge in [-0.15, -0.1) is 0 Å². The molecule has 0 atom stereocenters. The molecule has 0 radical (unpaired) electrons. The smallest absolute Gasteiger partial charge is 0.306 e. The summed E-state index contributed by atoms with van der Waals surface area (Å²) in [5, 5.41) is 10.1. The van der Waals surface area contributed by atoms with E-state index in [1.807, 2.05) is 0 Å². The Hall–Kier alpha value is -0.840. The number of carboxylic acids is 1. The maximum atomic E-state index is 11.7. The van der Waals surface area contributed by atoms with Crippen LogP contribution >= 0.6 is 0 Å². The molecule has 25 heavy (non-hydrogen) atoms. The van der Waals surface area contributed by atoms with Crippen LogP contribution in [0.15, 0.2) is 0 Å². The molecule has 0 aromatic heterocycles. The number of ketones is 1. The van der Waals surface area contributed by atoms with E-state index in [0.29, 0.717) is 0 Å². The zero-order valence-electron chi connectivity index (χ0n) is 15.6. The summed E-state index contributed by atoms with van der Waals surface area (Å²) >= 11 is 0. The molecule has 0 saturated heterocycles. The average Bonchev–Trinajstić information content (AvgIpc) is 2.47. The third-order valence-corrected chi connectivity index (χ3v) is 5.98. The van der Waals surface area contributed by atoms with E-state index in [4.69, 9.17) is 5.11 Å². The van der Waals surface area contributed by atoms with Crippen LogP contribution in [0.3, 0.4) is 0 Å². The number of aliphatic carboxylic acids is 1. The van der Waals surface area contributed by atoms with Gasteiger partial charge < -0.3 is 5.11 Å². The van der Waals surface area contributed by atoms with E-state index in [0.717, 1.165) is 63.2 Å². The normalized spacial score (nSPS) is 29.4. The zero-order chi connectivity index (χ0) is 18.3. The number of Topliss-reactive ketones (excluding diaryl/α,β-unsaturated/α-hetero) is 1. The fourth-order valence-electron chi connectivity index (χ4n) is 3.43. The van der Waals surface area contributed by atoms with Crippen LogP contribution in [-0.4, -0.2) is 38.9 Å². The highest BCUT2D eigenvalue weighted by molar-refractivity contribution is 8.01. The largest absolute Gasteiger partial charge is 0.481 e. The van der Waals surface area contributed by atoms with Crippen LogP contribution in [0.2, 0.25) is 0 Å². The molecule has 0 spiro atoms. The minimum absolute atomic E-state index is 0. The lowest BCUT2D eigenvalue weighted by Crippen LogP contribution is -2.23. The van der Waals surface area contributed by atoms with Gasteiger partial charge in [0.25, 0.3) is 0 Å². The monoisotopic (exact) mass is 374 g/mol. The van der Waals surface area contributed by atoms with Crippen molar-refractivity contribution >= 4 is 26.6 Å². The van der Waals surface area contributed by atoms with Crippen molar-refractivity contribution in [1.82, 2.24) is 0 Å². The first-order chi connectivity index (χ1) is 11.1. The van der Waals surface area contributed by atoms with Gasteiger partial charge >= 0.3 is 5.97 Å². The van der Waals surface area contributed by atoms with Gasteiger partial charge in [-0.1, -0.05) is 34.1 Å². The molecule has 0 bridgehead atoms. The van der Waals surface area contributed by atoms with Crippen LogP contribution in [0, 0.1) is 23.7 Å². The predicted octanol–water partition coefficient (Wildman–Crippen LogP) is 4.26. The summed E-state index contributed by atoms with van der Waals surface area (Å²) in [4.78, 5) is 22.1. The van der Waals surface area contributed by atoms with Gasteiger partial charge in [-0.3, -0.25) is 13.8 Å². The molecule has 2 fully saturated rings. The number of rotatable bonds is 3. The maximum absolute atomic E-state index is 11.7. The van der Waals surface area contributed by atoms with E-state index in [-0.39, 0.29) is 25.0 Å². The van der Waals surface area contributed by atoms with Crippen LogP contribution < -0.4 is 0 Å². The molecule has 0 aromatic rings. The van der Waals surface area contributed by atoms with Gasteiger partial charge in [0.05, 0.1) is 5.92 Å². The molecule has 0 unspecified atom stereocenters. The first kappa shape index (κ1) is 24.2. The van der Waals surface area contributed by atoms with E-state index >= 15 is 0 Å². The van der Waals surface area contributed by atoms with Crippen molar-refractivity contribution in [1.29, 1.82) is 0 Å². The Morgan fingerprint density at radius 3 is 1.52 bits per heavy atom. The highest BCUT2D eigenvalue weighted by Gasteiger charge is 2.24. The van der Waals surface area contributed by atoms with E-state index in [9.17, 15) is 13.8 Å². The minimum Gasteiger partial charge on any atom is -0.481 e. The maximum Gasteiger partial charge on any atom is 0.306 e. The Balaban J connectivity index is 0.000000465. The van der Waals surface area contributed by atoms with Crippen LogP contribution in [0.5, 0.6) is 0 Å². The highest BCUT2D eigenvalue weighted by atomic mass is 32.2. The van der Waals surface area contributed by atoms with Crippen molar-refractivity contribution < 1.29 is 18.9 Å². The second-order valence-electron chi connectivity index (χ2n) is 8.08. The molecule has 2 saturated carbocycles. The van der Waals surface area contributed by atoms with Gasteiger partial charge in [0, 0.05) is 23.8 Å². The van der Waals surface area contributed by atoms with Gasteiger partial charge in [0.1, 0.15) is 0 Å². The van der Waals surface area contributed by atoms with Crippen molar-refractivity contribution in [3.05, 3.63) is 0 Å². The number of carbonyl (C=O) groups is 2. The summed E-state index contributed by atoms with van der Waals surface area (Å²) in [6.45, 7) is 4.42. The van der Waals surface area contributed by atoms with E-state index in [1.54, 1.807) is 12.5 Å². The van der Waals surface area contributed by atoms with Crippen LogP contribution in [0.1, 0.15) is 72.6 Å². The van der Waals surface area contributed by atoms with Crippen molar-refractivity contribution in [2.24, 2.45) is 23.7 Å². The lowest BCUT2D eigenvalue weighted by atomic mass is 9.81. The third-order valence-electron chi connectivity index (χ3n) is 5.18. The van der Waals surface area contributed by atoms with Crippen molar-refractivity contribution in [2.75, 3.05) is 12.5 Å². The van der Waals surface area contributed by atoms with Crippen LogP contribution in [0.25, 0.3) is 0 Å². The molecule has 1 N–H and O–H groups in total. The molecule has 0 amide bonds. The Morgan fingerprint density at radius 2 is 1.20 bits per heavy atom. The number of hydrogen-bond donors (Lipinski definition) is 1. The SMILES string of the molecule is C.CC1CCC(C(=O)C=S(C)(C)=O)CC1.CC1CCC(C(=O)O)CC1. The summed E-state index contributed by atoms with van der Waals surface area (Å²) in [6, 6.07) is 0. The molecule has 0 aromatic carbocycles. The van der Waals surface area contributed by atoms with Gasteiger partial charge in [-0.25, -0.2) is 0 Å². The number of carbonyl (C=O) groups excluding carboxylic acids is 1. The molecular weight excluding hydrogens is 336 g/mol. The van der Waals surface area contributed by atoms with E-state index < -0.39 is 15.5 Å². The standard InChI is InChI=1S/C11H20O2S.C8H14O2.CH4/c1-9-4-6-10(7-5-9)11(12)8-14(2,3)13;1-6-2-4-7(5-3-6)8(9)10;/h8-10H,4-7H2,1-3H3;6-7H,2-5H2,1H3,(H,9,10);1H4. The average molecular weight is 375 g/mol. The third kappa shape index (κ3) is 10.0. The van der Waals surface area contributed by atoms with Crippen LogP contribution in [0.4, 0.5) is 0 Å². The second-order valence-corrected chi connectivity index (χ2v) is 10.9. The molecule has 2 aliphatic carbocycles. The second kappa shape index (κ2) is 11.0. The first-order valence-electron chi connectivity index (χ1n) is 9.14. The van der Waals surface area contributed by atoms with Gasteiger partial charge in [-0.2, -0.15) is 0 Å². The molecule has 0 aliphatic heterocycles. The molecule has 5 heteroatoms. The van der Waals surface area contributed by atoms with Crippen molar-refractivity contribution in [3.63, 3.8) is 0 Å². The van der Waals surface area contributed by atoms with Gasteiger partial charge in [-0.05, 0) is 59.9 Å². The van der Waals surface area contributed by atoms with Gasteiger partial charge in [0.15, 0.2) is 5.78 Å². The van der Waals surface area contributed by atoms with E-state index in [1.165, 1.54) is 5.37 Å². The summed E-state index contributed by atoms with van der Waals surface area (Å²) in [5.74, 6) is 1.10. The topological polar surface area (TPSA) is 71.4 Å². The Bertz CT molecular complexity index is 522. The first-order valence-corrected chi connectivity index (χ1v) is 11.6. The quantitative estimate of drug-likeness (QED) is 0.749. The number of hydrogen-bond acceptors (Lipinski definition) is 3. The summed E-state index contributed by atoms with van der Waals surface area (Å²) in [6.07, 6.45) is 11.4. The molecular formula is C20H38O4S. The van der Waals surface area contributed by atoms with Gasteiger partial charge in [0.2, 0.25) is 0 Å². The summed E-state index contributed by atoms with van der Waals surface area (Å²) in [5.41, 5.74) is 0. The predicted molar refractivity (Wildman–Crippen MR) is 108 cm³/mol. The summed E-state index contributed by atoms with van der Waals surface area (Å²) < 4.78 is 11.4. The highest BCUT2D eigenvalue weighted by Crippen LogP contribution is 2.29. The Kier molecular flexibility index (Phi) is 10.6. The molecule has 2 aliphatic rings.